The minimum absolute atomic E-state index is 0. The highest BCUT2D eigenvalue weighted by Gasteiger charge is 2.50. The number of amides is 1. The lowest BCUT2D eigenvalue weighted by atomic mass is 9.86. The molecule has 230 valence electrons. The summed E-state index contributed by atoms with van der Waals surface area (Å²) in [6.07, 6.45) is 1.69. The summed E-state index contributed by atoms with van der Waals surface area (Å²) < 4.78 is 30.2. The third kappa shape index (κ3) is 7.47. The van der Waals surface area contributed by atoms with E-state index in [1.54, 1.807) is 24.3 Å². The zero-order chi connectivity index (χ0) is 31.0. The van der Waals surface area contributed by atoms with Gasteiger partial charge in [-0.2, -0.15) is 4.31 Å². The summed E-state index contributed by atoms with van der Waals surface area (Å²) in [5, 5.41) is 0.342. The Hall–Kier alpha value is -2.39. The number of benzene rings is 3. The number of sulfonamides is 1. The molecule has 11 heteroatoms. The maximum Gasteiger partial charge on any atom is 0.247 e. The van der Waals surface area contributed by atoms with Crippen molar-refractivity contribution in [3.05, 3.63) is 110 Å². The van der Waals surface area contributed by atoms with Crippen LogP contribution in [-0.4, -0.2) is 30.5 Å². The summed E-state index contributed by atoms with van der Waals surface area (Å²) in [7, 11) is -4.41. The maximum absolute atomic E-state index is 14.5. The van der Waals surface area contributed by atoms with Crippen LogP contribution in [0.25, 0.3) is 0 Å². The van der Waals surface area contributed by atoms with Crippen molar-refractivity contribution in [2.45, 2.75) is 58.0 Å². The standard InChI is InChI=1S/C31H30Cl4N2O4S.CH4/c1-31(2,3)27-17-21(26(38)16-20(30(36)39)14-18-8-5-4-6-9-18)28(19-12-13-22(32)25(35)15-19)37(27)42(40,41)29-23(33)10-7-11-24(29)34;/h4-13,15,17,20,27-28H,14,16H2,1-3H3,(H2,36,39);1H4/t20-,27+,28+;/m1./s1. The summed E-state index contributed by atoms with van der Waals surface area (Å²) >= 11 is 25.4. The average Bonchev–Trinajstić information content (AvgIpc) is 3.33. The third-order valence-corrected chi connectivity index (χ3v) is 10.8. The Morgan fingerprint density at radius 2 is 1.49 bits per heavy atom. The number of halogens is 4. The molecule has 1 aliphatic heterocycles. The number of hydrogen-bond donors (Lipinski definition) is 1. The van der Waals surface area contributed by atoms with E-state index in [2.05, 4.69) is 0 Å². The number of ketones is 1. The molecular weight excluding hydrogens is 650 g/mol. The predicted octanol–water partition coefficient (Wildman–Crippen LogP) is 8.33. The molecule has 1 amide bonds. The monoisotopic (exact) mass is 682 g/mol. The van der Waals surface area contributed by atoms with Crippen LogP contribution in [0.5, 0.6) is 0 Å². The van der Waals surface area contributed by atoms with Gasteiger partial charge in [0, 0.05) is 24.0 Å². The van der Waals surface area contributed by atoms with Crippen molar-refractivity contribution in [3.8, 4) is 0 Å². The van der Waals surface area contributed by atoms with Crippen LogP contribution < -0.4 is 5.73 Å². The molecule has 0 unspecified atom stereocenters. The highest BCUT2D eigenvalue weighted by Crippen LogP contribution is 2.49. The molecular formula is C32H34Cl4N2O4S. The lowest BCUT2D eigenvalue weighted by molar-refractivity contribution is -0.126. The quantitative estimate of drug-likeness (QED) is 0.245. The van der Waals surface area contributed by atoms with Crippen LogP contribution in [0.3, 0.4) is 0 Å². The highest BCUT2D eigenvalue weighted by atomic mass is 35.5. The Kier molecular flexibility index (Phi) is 11.2. The molecule has 0 bridgehead atoms. The molecule has 43 heavy (non-hydrogen) atoms. The van der Waals surface area contributed by atoms with Crippen molar-refractivity contribution in [1.82, 2.24) is 4.31 Å². The minimum atomic E-state index is -4.41. The van der Waals surface area contributed by atoms with E-state index in [4.69, 9.17) is 52.1 Å². The van der Waals surface area contributed by atoms with E-state index in [0.29, 0.717) is 5.56 Å². The second-order valence-corrected chi connectivity index (χ2v) is 14.7. The normalized spacial score (nSPS) is 18.1. The molecule has 0 aromatic heterocycles. The molecule has 0 spiro atoms. The molecule has 1 heterocycles. The third-order valence-electron chi connectivity index (χ3n) is 7.24. The number of carbonyl (C=O) groups is 2. The van der Waals surface area contributed by atoms with Crippen LogP contribution in [0.15, 0.2) is 83.3 Å². The van der Waals surface area contributed by atoms with Crippen LogP contribution in [0.2, 0.25) is 20.1 Å². The number of Topliss-reactive ketones (excluding diaryl/α,β-unsaturated/α-hetero) is 1. The number of nitrogens with two attached hydrogens (primary N) is 1. The number of nitrogens with zero attached hydrogens (tertiary/aromatic N) is 1. The highest BCUT2D eigenvalue weighted by molar-refractivity contribution is 7.89. The van der Waals surface area contributed by atoms with Crippen molar-refractivity contribution < 1.29 is 18.0 Å². The van der Waals surface area contributed by atoms with E-state index in [0.717, 1.165) is 5.56 Å². The van der Waals surface area contributed by atoms with Crippen LogP contribution in [0.1, 0.15) is 51.8 Å². The molecule has 0 saturated heterocycles. The predicted molar refractivity (Wildman–Crippen MR) is 175 cm³/mol. The summed E-state index contributed by atoms with van der Waals surface area (Å²) in [6, 6.07) is 16.5. The second-order valence-electron chi connectivity index (χ2n) is 11.3. The topological polar surface area (TPSA) is 97.5 Å². The first-order valence-corrected chi connectivity index (χ1v) is 16.1. The SMILES string of the molecule is C.CC(C)(C)[C@@H]1C=C(C(=O)C[C@@H](Cc2ccccc2)C(N)=O)[C@H](c2ccc(Cl)c(Cl)c2)N1S(=O)(=O)c1c(Cl)cccc1Cl. The van der Waals surface area contributed by atoms with E-state index in [1.807, 2.05) is 51.1 Å². The van der Waals surface area contributed by atoms with Gasteiger partial charge in [-0.25, -0.2) is 8.42 Å². The average molecular weight is 685 g/mol. The fraction of sp³-hybridized carbons (Fsp3) is 0.312. The van der Waals surface area contributed by atoms with Gasteiger partial charge in [0.15, 0.2) is 5.78 Å². The number of rotatable bonds is 9. The molecule has 3 aromatic rings. The van der Waals surface area contributed by atoms with Gasteiger partial charge in [-0.3, -0.25) is 9.59 Å². The van der Waals surface area contributed by atoms with Gasteiger partial charge in [-0.15, -0.1) is 0 Å². The van der Waals surface area contributed by atoms with Gasteiger partial charge in [0.1, 0.15) is 4.90 Å². The fourth-order valence-electron chi connectivity index (χ4n) is 5.15. The zero-order valence-corrected chi connectivity index (χ0v) is 27.0. The van der Waals surface area contributed by atoms with E-state index in [1.165, 1.54) is 22.5 Å². The Bertz CT molecular complexity index is 1630. The van der Waals surface area contributed by atoms with Crippen molar-refractivity contribution in [2.24, 2.45) is 17.1 Å². The van der Waals surface area contributed by atoms with Crippen molar-refractivity contribution in [3.63, 3.8) is 0 Å². The van der Waals surface area contributed by atoms with E-state index in [-0.39, 0.29) is 50.8 Å². The smallest absolute Gasteiger partial charge is 0.247 e. The summed E-state index contributed by atoms with van der Waals surface area (Å²) in [5.74, 6) is -1.85. The first kappa shape index (κ1) is 35.1. The Labute approximate surface area is 273 Å². The molecule has 0 fully saturated rings. The Morgan fingerprint density at radius 3 is 2.02 bits per heavy atom. The molecule has 6 nitrogen and oxygen atoms in total. The molecule has 2 N–H and O–H groups in total. The van der Waals surface area contributed by atoms with Crippen molar-refractivity contribution in [1.29, 1.82) is 0 Å². The molecule has 0 aliphatic carbocycles. The number of carbonyl (C=O) groups excluding carboxylic acids is 2. The first-order chi connectivity index (χ1) is 19.6. The van der Waals surface area contributed by atoms with Gasteiger partial charge < -0.3 is 5.73 Å². The summed E-state index contributed by atoms with van der Waals surface area (Å²) in [4.78, 5) is 26.3. The zero-order valence-electron chi connectivity index (χ0n) is 23.2. The van der Waals surface area contributed by atoms with Gasteiger partial charge in [0.05, 0.1) is 26.1 Å². The largest absolute Gasteiger partial charge is 0.369 e. The van der Waals surface area contributed by atoms with Crippen molar-refractivity contribution in [2.75, 3.05) is 0 Å². The first-order valence-electron chi connectivity index (χ1n) is 13.1. The van der Waals surface area contributed by atoms with Gasteiger partial charge in [0.25, 0.3) is 0 Å². The van der Waals surface area contributed by atoms with Crippen LogP contribution in [0.4, 0.5) is 0 Å². The van der Waals surface area contributed by atoms with Crippen LogP contribution in [-0.2, 0) is 26.0 Å². The number of hydrogen-bond acceptors (Lipinski definition) is 4. The molecule has 3 aromatic carbocycles. The van der Waals surface area contributed by atoms with Crippen molar-refractivity contribution >= 4 is 68.1 Å². The summed E-state index contributed by atoms with van der Waals surface area (Å²) in [6.45, 7) is 5.60. The lowest BCUT2D eigenvalue weighted by Crippen LogP contribution is -2.45. The Balaban J connectivity index is 0.00000506. The number of primary amides is 1. The molecule has 4 rings (SSSR count). The molecule has 0 radical (unpaired) electrons. The minimum Gasteiger partial charge on any atom is -0.369 e. The van der Waals surface area contributed by atoms with Gasteiger partial charge >= 0.3 is 0 Å². The van der Waals surface area contributed by atoms with E-state index >= 15 is 0 Å². The van der Waals surface area contributed by atoms with Crippen LogP contribution >= 0.6 is 46.4 Å². The van der Waals surface area contributed by atoms with Crippen LogP contribution in [0, 0.1) is 11.3 Å². The van der Waals surface area contributed by atoms with Gasteiger partial charge in [-0.1, -0.05) is 123 Å². The molecule has 3 atom stereocenters. The van der Waals surface area contributed by atoms with Gasteiger partial charge in [0.2, 0.25) is 15.9 Å². The fourth-order valence-corrected chi connectivity index (χ4v) is 8.47. The molecule has 1 aliphatic rings. The van der Waals surface area contributed by atoms with E-state index in [9.17, 15) is 18.0 Å². The Morgan fingerprint density at radius 1 is 0.884 bits per heavy atom. The molecule has 0 saturated carbocycles. The van der Waals surface area contributed by atoms with E-state index < -0.39 is 45.1 Å². The lowest BCUT2D eigenvalue weighted by Gasteiger charge is -2.37. The second kappa shape index (κ2) is 13.7. The van der Waals surface area contributed by atoms with Gasteiger partial charge in [-0.05, 0) is 47.2 Å². The maximum atomic E-state index is 14.5. The summed E-state index contributed by atoms with van der Waals surface area (Å²) in [5.41, 5.74) is 6.52.